The van der Waals surface area contributed by atoms with Gasteiger partial charge in [-0.1, -0.05) is 30.3 Å². The van der Waals surface area contributed by atoms with Crippen molar-refractivity contribution < 1.29 is 19.1 Å². The van der Waals surface area contributed by atoms with Crippen LogP contribution in [0, 0.1) is 6.92 Å². The normalized spacial score (nSPS) is 17.8. The number of benzene rings is 2. The lowest BCUT2D eigenvalue weighted by Crippen LogP contribution is -2.47. The number of hydrogen-bond acceptors (Lipinski definition) is 6. The molecule has 0 saturated carbocycles. The predicted molar refractivity (Wildman–Crippen MR) is 127 cm³/mol. The summed E-state index contributed by atoms with van der Waals surface area (Å²) >= 11 is 1.24. The summed E-state index contributed by atoms with van der Waals surface area (Å²) in [6, 6.07) is 17.5. The highest BCUT2D eigenvalue weighted by molar-refractivity contribution is 7.20. The number of urea groups is 1. The fraction of sp³-hybridized carbons (Fsp3) is 0.167. The van der Waals surface area contributed by atoms with Crippen LogP contribution >= 0.6 is 11.3 Å². The van der Waals surface area contributed by atoms with Gasteiger partial charge in [0.2, 0.25) is 0 Å². The van der Waals surface area contributed by atoms with Gasteiger partial charge in [0, 0.05) is 5.39 Å². The van der Waals surface area contributed by atoms with Gasteiger partial charge in [0.15, 0.2) is 0 Å². The van der Waals surface area contributed by atoms with E-state index in [1.807, 2.05) is 37.3 Å². The highest BCUT2D eigenvalue weighted by Gasteiger charge is 2.50. The number of hydrogen-bond donors (Lipinski definition) is 2. The van der Waals surface area contributed by atoms with Crippen molar-refractivity contribution >= 4 is 39.4 Å². The summed E-state index contributed by atoms with van der Waals surface area (Å²) in [5.41, 5.74) is 3.31. The summed E-state index contributed by atoms with van der Waals surface area (Å²) in [6.45, 7) is 3.46. The van der Waals surface area contributed by atoms with Crippen molar-refractivity contribution in [2.24, 2.45) is 0 Å². The van der Waals surface area contributed by atoms with Gasteiger partial charge in [-0.3, -0.25) is 15.0 Å². The van der Waals surface area contributed by atoms with Crippen molar-refractivity contribution in [3.63, 3.8) is 0 Å². The molecule has 4 aromatic rings. The number of carbonyl (C=O) groups is 3. The summed E-state index contributed by atoms with van der Waals surface area (Å²) in [5, 5.41) is 8.80. The first-order valence-electron chi connectivity index (χ1n) is 10.5. The van der Waals surface area contributed by atoms with E-state index in [9.17, 15) is 14.4 Å². The maximum absolute atomic E-state index is 13.2. The van der Waals surface area contributed by atoms with Crippen LogP contribution in [0.5, 0.6) is 5.75 Å². The Kier molecular flexibility index (Phi) is 5.09. The zero-order valence-electron chi connectivity index (χ0n) is 18.7. The Balaban J connectivity index is 1.42. The SMILES string of the molecule is COc1cccc(C2(C)NC(=O)N(NC(=O)c3cc4c(C)nn(-c5ccccc5)c4s3)C2=O)c1. The highest BCUT2D eigenvalue weighted by atomic mass is 32.1. The second-order valence-corrected chi connectivity index (χ2v) is 9.06. The third-order valence-corrected chi connectivity index (χ3v) is 6.93. The molecule has 1 saturated heterocycles. The summed E-state index contributed by atoms with van der Waals surface area (Å²) in [7, 11) is 1.52. The molecule has 0 bridgehead atoms. The maximum Gasteiger partial charge on any atom is 0.344 e. The Bertz CT molecular complexity index is 1440. The number of rotatable bonds is 5. The average molecular weight is 476 g/mol. The van der Waals surface area contributed by atoms with Gasteiger partial charge in [-0.2, -0.15) is 10.1 Å². The molecule has 10 heteroatoms. The van der Waals surface area contributed by atoms with E-state index in [1.54, 1.807) is 41.9 Å². The minimum Gasteiger partial charge on any atom is -0.497 e. The van der Waals surface area contributed by atoms with Gasteiger partial charge in [-0.25, -0.2) is 9.48 Å². The standard InChI is InChI=1S/C24H21N5O4S/c1-14-18-13-19(34-21(18)28(26-14)16-9-5-4-6-10-16)20(30)27-29-22(31)24(2,25-23(29)32)15-8-7-11-17(12-15)33-3/h4-13H,1-3H3,(H,25,32)(H,27,30). The number of ether oxygens (including phenoxy) is 1. The number of thiophene rings is 1. The maximum atomic E-state index is 13.2. The minimum atomic E-state index is -1.34. The molecule has 2 aromatic carbocycles. The molecule has 3 heterocycles. The summed E-state index contributed by atoms with van der Waals surface area (Å²) < 4.78 is 7.01. The van der Waals surface area contributed by atoms with E-state index in [0.717, 1.165) is 26.6 Å². The number of imide groups is 1. The molecule has 0 aliphatic carbocycles. The first-order chi connectivity index (χ1) is 16.3. The number of amides is 4. The summed E-state index contributed by atoms with van der Waals surface area (Å²) in [5.74, 6) is -0.596. The molecule has 1 atom stereocenters. The summed E-state index contributed by atoms with van der Waals surface area (Å²) in [6.07, 6.45) is 0. The van der Waals surface area contributed by atoms with Crippen LogP contribution < -0.4 is 15.5 Å². The molecule has 1 unspecified atom stereocenters. The van der Waals surface area contributed by atoms with Crippen molar-refractivity contribution in [1.82, 2.24) is 25.5 Å². The van der Waals surface area contributed by atoms with E-state index in [1.165, 1.54) is 18.4 Å². The zero-order chi connectivity index (χ0) is 24.0. The van der Waals surface area contributed by atoms with E-state index < -0.39 is 23.4 Å². The van der Waals surface area contributed by atoms with Crippen LogP contribution in [0.15, 0.2) is 60.7 Å². The highest BCUT2D eigenvalue weighted by Crippen LogP contribution is 2.32. The Morgan fingerprint density at radius 3 is 2.62 bits per heavy atom. The Hall–Kier alpha value is -4.18. The molecule has 0 radical (unpaired) electrons. The van der Waals surface area contributed by atoms with Crippen LogP contribution in [0.1, 0.15) is 27.9 Å². The summed E-state index contributed by atoms with van der Waals surface area (Å²) in [4.78, 5) is 40.0. The van der Waals surface area contributed by atoms with Crippen LogP contribution in [0.3, 0.4) is 0 Å². The van der Waals surface area contributed by atoms with Crippen LogP contribution in [0.2, 0.25) is 0 Å². The molecule has 1 aliphatic heterocycles. The first-order valence-corrected chi connectivity index (χ1v) is 11.3. The number of para-hydroxylation sites is 1. The van der Waals surface area contributed by atoms with Gasteiger partial charge >= 0.3 is 6.03 Å². The lowest BCUT2D eigenvalue weighted by atomic mass is 9.92. The molecule has 1 fully saturated rings. The van der Waals surface area contributed by atoms with Gasteiger partial charge in [-0.15, -0.1) is 11.3 Å². The van der Waals surface area contributed by atoms with Crippen molar-refractivity contribution in [2.75, 3.05) is 7.11 Å². The van der Waals surface area contributed by atoms with Crippen molar-refractivity contribution in [3.8, 4) is 11.4 Å². The third kappa shape index (κ3) is 3.39. The number of nitrogens with one attached hydrogen (secondary N) is 2. The Labute approximate surface area is 198 Å². The number of methoxy groups -OCH3 is 1. The van der Waals surface area contributed by atoms with Crippen molar-refractivity contribution in [3.05, 3.63) is 76.8 Å². The second kappa shape index (κ2) is 7.99. The fourth-order valence-electron chi connectivity index (χ4n) is 3.93. The molecule has 0 spiro atoms. The number of fused-ring (bicyclic) bond motifs is 1. The fourth-order valence-corrected chi connectivity index (χ4v) is 5.00. The van der Waals surface area contributed by atoms with E-state index in [0.29, 0.717) is 16.2 Å². The van der Waals surface area contributed by atoms with E-state index in [2.05, 4.69) is 15.8 Å². The molecule has 5 rings (SSSR count). The monoisotopic (exact) mass is 475 g/mol. The molecule has 4 amide bonds. The lowest BCUT2D eigenvalue weighted by Gasteiger charge is -2.22. The topological polar surface area (TPSA) is 106 Å². The van der Waals surface area contributed by atoms with Crippen LogP contribution in [-0.2, 0) is 10.3 Å². The van der Waals surface area contributed by atoms with Gasteiger partial charge in [-0.05, 0) is 49.7 Å². The van der Waals surface area contributed by atoms with Crippen molar-refractivity contribution in [2.45, 2.75) is 19.4 Å². The smallest absolute Gasteiger partial charge is 0.344 e. The molecule has 2 aromatic heterocycles. The van der Waals surface area contributed by atoms with E-state index in [4.69, 9.17) is 4.74 Å². The molecule has 9 nitrogen and oxygen atoms in total. The number of aromatic nitrogens is 2. The lowest BCUT2D eigenvalue weighted by molar-refractivity contribution is -0.132. The first kappa shape index (κ1) is 21.7. The Morgan fingerprint density at radius 1 is 1.12 bits per heavy atom. The quantitative estimate of drug-likeness (QED) is 0.430. The number of hydrazine groups is 1. The molecule has 172 valence electrons. The third-order valence-electron chi connectivity index (χ3n) is 5.82. The minimum absolute atomic E-state index is 0.357. The van der Waals surface area contributed by atoms with E-state index >= 15 is 0 Å². The van der Waals surface area contributed by atoms with E-state index in [-0.39, 0.29) is 0 Å². The van der Waals surface area contributed by atoms with Gasteiger partial charge < -0.3 is 10.1 Å². The molecule has 1 aliphatic rings. The number of nitrogens with zero attached hydrogens (tertiary/aromatic N) is 3. The van der Waals surface area contributed by atoms with Gasteiger partial charge in [0.25, 0.3) is 11.8 Å². The van der Waals surface area contributed by atoms with Crippen LogP contribution in [0.4, 0.5) is 4.79 Å². The van der Waals surface area contributed by atoms with Crippen LogP contribution in [0.25, 0.3) is 15.9 Å². The molecule has 2 N–H and O–H groups in total. The largest absolute Gasteiger partial charge is 0.497 e. The Morgan fingerprint density at radius 2 is 1.88 bits per heavy atom. The number of carbonyl (C=O) groups excluding carboxylic acids is 3. The van der Waals surface area contributed by atoms with Gasteiger partial charge in [0.05, 0.1) is 23.4 Å². The molecular formula is C24H21N5O4S. The van der Waals surface area contributed by atoms with Gasteiger partial charge in [0.1, 0.15) is 16.1 Å². The predicted octanol–water partition coefficient (Wildman–Crippen LogP) is 3.52. The average Bonchev–Trinajstić information content (AvgIpc) is 3.48. The second-order valence-electron chi connectivity index (χ2n) is 8.03. The number of aryl methyl sites for hydroxylation is 1. The molecule has 34 heavy (non-hydrogen) atoms. The zero-order valence-corrected chi connectivity index (χ0v) is 19.5. The van der Waals surface area contributed by atoms with Crippen LogP contribution in [-0.4, -0.2) is 39.7 Å². The van der Waals surface area contributed by atoms with Crippen molar-refractivity contribution in [1.29, 1.82) is 0 Å². The molecular weight excluding hydrogens is 454 g/mol.